The van der Waals surface area contributed by atoms with E-state index in [1.54, 1.807) is 19.6 Å². The number of anilines is 4. The van der Waals surface area contributed by atoms with Crippen LogP contribution in [-0.4, -0.2) is 55.2 Å². The van der Waals surface area contributed by atoms with Gasteiger partial charge in [0.25, 0.3) is 0 Å². The average molecular weight is 375 g/mol. The van der Waals surface area contributed by atoms with Crippen LogP contribution in [0.15, 0.2) is 67.1 Å². The lowest BCUT2D eigenvalue weighted by molar-refractivity contribution is 0.313. The van der Waals surface area contributed by atoms with E-state index in [-0.39, 0.29) is 0 Å². The predicted molar refractivity (Wildman–Crippen MR) is 113 cm³/mol. The summed E-state index contributed by atoms with van der Waals surface area (Å²) in [4.78, 5) is 15.5. The summed E-state index contributed by atoms with van der Waals surface area (Å²) in [6, 6.07) is 18.5. The SMILES string of the molecule is COc1ccccc1N(c1cccc(N2CCN(C)CC2)c1)c1ccncn1. The van der Waals surface area contributed by atoms with E-state index in [0.29, 0.717) is 0 Å². The molecule has 0 amide bonds. The molecule has 0 spiro atoms. The fourth-order valence-electron chi connectivity index (χ4n) is 3.52. The van der Waals surface area contributed by atoms with Crippen LogP contribution in [0.5, 0.6) is 5.75 Å². The normalized spacial score (nSPS) is 14.7. The van der Waals surface area contributed by atoms with Crippen LogP contribution in [0.25, 0.3) is 0 Å². The van der Waals surface area contributed by atoms with Gasteiger partial charge in [0.15, 0.2) is 0 Å². The third-order valence-corrected chi connectivity index (χ3v) is 5.08. The van der Waals surface area contributed by atoms with Crippen LogP contribution in [0.3, 0.4) is 0 Å². The number of ether oxygens (including phenoxy) is 1. The predicted octanol–water partition coefficient (Wildman–Crippen LogP) is 3.71. The molecule has 0 radical (unpaired) electrons. The molecular weight excluding hydrogens is 350 g/mol. The summed E-state index contributed by atoms with van der Waals surface area (Å²) in [6.07, 6.45) is 3.33. The number of hydrogen-bond donors (Lipinski definition) is 0. The van der Waals surface area contributed by atoms with Gasteiger partial charge in [-0.25, -0.2) is 9.97 Å². The van der Waals surface area contributed by atoms with E-state index >= 15 is 0 Å². The number of nitrogens with zero attached hydrogens (tertiary/aromatic N) is 5. The molecule has 1 aliphatic heterocycles. The van der Waals surface area contributed by atoms with Crippen molar-refractivity contribution in [2.45, 2.75) is 0 Å². The standard InChI is InChI=1S/C22H25N5O/c1-25-12-14-26(15-13-25)18-6-5-7-19(16-18)27(22-10-11-23-17-24-22)20-8-3-4-9-21(20)28-2/h3-11,16-17H,12-15H2,1-2H3. The molecule has 2 heterocycles. The zero-order valence-corrected chi connectivity index (χ0v) is 16.3. The Kier molecular flexibility index (Phi) is 5.39. The molecule has 0 atom stereocenters. The molecule has 3 aromatic rings. The molecule has 28 heavy (non-hydrogen) atoms. The second-order valence-corrected chi connectivity index (χ2v) is 6.89. The summed E-state index contributed by atoms with van der Waals surface area (Å²) in [6.45, 7) is 4.21. The minimum atomic E-state index is 0.797. The summed E-state index contributed by atoms with van der Waals surface area (Å²) in [5.41, 5.74) is 3.21. The van der Waals surface area contributed by atoms with Crippen molar-refractivity contribution >= 4 is 22.9 Å². The Balaban J connectivity index is 1.76. The Bertz CT molecular complexity index is 910. The van der Waals surface area contributed by atoms with Gasteiger partial charge in [-0.15, -0.1) is 0 Å². The highest BCUT2D eigenvalue weighted by Crippen LogP contribution is 2.39. The van der Waals surface area contributed by atoms with Gasteiger partial charge < -0.3 is 14.5 Å². The van der Waals surface area contributed by atoms with Gasteiger partial charge in [-0.05, 0) is 43.4 Å². The molecule has 6 heteroatoms. The van der Waals surface area contributed by atoms with Gasteiger partial charge >= 0.3 is 0 Å². The van der Waals surface area contributed by atoms with Crippen molar-refractivity contribution in [1.82, 2.24) is 14.9 Å². The summed E-state index contributed by atoms with van der Waals surface area (Å²) < 4.78 is 5.63. The number of benzene rings is 2. The highest BCUT2D eigenvalue weighted by atomic mass is 16.5. The maximum absolute atomic E-state index is 5.63. The molecule has 0 N–H and O–H groups in total. The van der Waals surface area contributed by atoms with Gasteiger partial charge in [0.2, 0.25) is 0 Å². The molecule has 0 aliphatic carbocycles. The maximum atomic E-state index is 5.63. The summed E-state index contributed by atoms with van der Waals surface area (Å²) in [5, 5.41) is 0. The molecule has 1 aliphatic rings. The minimum Gasteiger partial charge on any atom is -0.495 e. The van der Waals surface area contributed by atoms with Crippen LogP contribution < -0.4 is 14.5 Å². The lowest BCUT2D eigenvalue weighted by Gasteiger charge is -2.34. The number of rotatable bonds is 5. The largest absolute Gasteiger partial charge is 0.495 e. The van der Waals surface area contributed by atoms with E-state index < -0.39 is 0 Å². The van der Waals surface area contributed by atoms with Gasteiger partial charge in [-0.3, -0.25) is 4.90 Å². The molecular formula is C22H25N5O. The first-order valence-corrected chi connectivity index (χ1v) is 9.49. The van der Waals surface area contributed by atoms with Crippen molar-refractivity contribution in [3.05, 3.63) is 67.1 Å². The van der Waals surface area contributed by atoms with Crippen molar-refractivity contribution in [3.63, 3.8) is 0 Å². The van der Waals surface area contributed by atoms with Crippen molar-refractivity contribution in [1.29, 1.82) is 0 Å². The van der Waals surface area contributed by atoms with Crippen LogP contribution in [0.1, 0.15) is 0 Å². The zero-order valence-electron chi connectivity index (χ0n) is 16.3. The summed E-state index contributed by atoms with van der Waals surface area (Å²) in [7, 11) is 3.87. The molecule has 6 nitrogen and oxygen atoms in total. The van der Waals surface area contributed by atoms with Crippen molar-refractivity contribution in [2.24, 2.45) is 0 Å². The lowest BCUT2D eigenvalue weighted by atomic mass is 10.2. The smallest absolute Gasteiger partial charge is 0.142 e. The quantitative estimate of drug-likeness (QED) is 0.677. The van der Waals surface area contributed by atoms with Gasteiger partial charge in [0, 0.05) is 43.8 Å². The first-order chi connectivity index (χ1) is 13.8. The number of hydrogen-bond acceptors (Lipinski definition) is 6. The molecule has 0 bridgehead atoms. The zero-order chi connectivity index (χ0) is 19.3. The fraction of sp³-hybridized carbons (Fsp3) is 0.273. The van der Waals surface area contributed by atoms with E-state index in [1.807, 2.05) is 30.3 Å². The fourth-order valence-corrected chi connectivity index (χ4v) is 3.52. The third-order valence-electron chi connectivity index (χ3n) is 5.08. The summed E-state index contributed by atoms with van der Waals surface area (Å²) >= 11 is 0. The minimum absolute atomic E-state index is 0.797. The van der Waals surface area contributed by atoms with Crippen LogP contribution >= 0.6 is 0 Å². The topological polar surface area (TPSA) is 44.7 Å². The second-order valence-electron chi connectivity index (χ2n) is 6.89. The molecule has 1 fully saturated rings. The van der Waals surface area contributed by atoms with Gasteiger partial charge in [0.1, 0.15) is 17.9 Å². The van der Waals surface area contributed by atoms with Crippen LogP contribution in [0.4, 0.5) is 22.9 Å². The molecule has 0 unspecified atom stereocenters. The number of methoxy groups -OCH3 is 1. The third kappa shape index (κ3) is 3.77. The van der Waals surface area contributed by atoms with Crippen LogP contribution in [0.2, 0.25) is 0 Å². The Morgan fingerprint density at radius 1 is 0.964 bits per heavy atom. The second kappa shape index (κ2) is 8.27. The van der Waals surface area contributed by atoms with Crippen molar-refractivity contribution in [3.8, 4) is 5.75 Å². The molecule has 4 rings (SSSR count). The van der Waals surface area contributed by atoms with Crippen LogP contribution in [-0.2, 0) is 0 Å². The average Bonchev–Trinajstić information content (AvgIpc) is 2.76. The number of para-hydroxylation sites is 2. The number of aromatic nitrogens is 2. The highest BCUT2D eigenvalue weighted by molar-refractivity contribution is 5.79. The van der Waals surface area contributed by atoms with E-state index in [9.17, 15) is 0 Å². The molecule has 1 saturated heterocycles. The molecule has 144 valence electrons. The first-order valence-electron chi connectivity index (χ1n) is 9.49. The lowest BCUT2D eigenvalue weighted by Crippen LogP contribution is -2.44. The van der Waals surface area contributed by atoms with Gasteiger partial charge in [-0.2, -0.15) is 0 Å². The van der Waals surface area contributed by atoms with E-state index in [2.05, 4.69) is 56.0 Å². The maximum Gasteiger partial charge on any atom is 0.142 e. The Labute approximate surface area is 166 Å². The van der Waals surface area contributed by atoms with Crippen LogP contribution in [0, 0.1) is 0 Å². The number of likely N-dealkylation sites (N-methyl/N-ethyl adjacent to an activating group) is 1. The van der Waals surface area contributed by atoms with E-state index in [4.69, 9.17) is 4.74 Å². The monoisotopic (exact) mass is 375 g/mol. The van der Waals surface area contributed by atoms with Crippen molar-refractivity contribution < 1.29 is 4.74 Å². The Hall–Kier alpha value is -3.12. The van der Waals surface area contributed by atoms with E-state index in [1.165, 1.54) is 5.69 Å². The Morgan fingerprint density at radius 3 is 2.54 bits per heavy atom. The number of piperazine rings is 1. The van der Waals surface area contributed by atoms with Gasteiger partial charge in [0.05, 0.1) is 12.8 Å². The first kappa shape index (κ1) is 18.3. The van der Waals surface area contributed by atoms with E-state index in [0.717, 1.165) is 49.1 Å². The molecule has 1 aromatic heterocycles. The molecule has 0 saturated carbocycles. The molecule has 2 aromatic carbocycles. The summed E-state index contributed by atoms with van der Waals surface area (Å²) in [5.74, 6) is 1.60. The Morgan fingerprint density at radius 2 is 1.79 bits per heavy atom. The highest BCUT2D eigenvalue weighted by Gasteiger charge is 2.20. The van der Waals surface area contributed by atoms with Crippen molar-refractivity contribution in [2.75, 3.05) is 50.1 Å². The van der Waals surface area contributed by atoms with Gasteiger partial charge in [-0.1, -0.05) is 18.2 Å².